The standard InChI is InChI=1S/C14H22N2O/c1-11(2)10-16(5)14(17)12-7-6-8-13(9-12)15(3)4/h6-9,11H,10H2,1-5H3. The first-order valence-corrected chi connectivity index (χ1v) is 5.94. The predicted octanol–water partition coefficient (Wildman–Crippen LogP) is 2.48. The predicted molar refractivity (Wildman–Crippen MR) is 72.6 cm³/mol. The molecule has 0 saturated carbocycles. The van der Waals surface area contributed by atoms with E-state index in [1.54, 1.807) is 4.90 Å². The van der Waals surface area contributed by atoms with Gasteiger partial charge < -0.3 is 9.80 Å². The molecule has 0 aliphatic heterocycles. The maximum absolute atomic E-state index is 12.2. The Balaban J connectivity index is 2.85. The highest BCUT2D eigenvalue weighted by Crippen LogP contribution is 2.15. The molecular weight excluding hydrogens is 212 g/mol. The van der Waals surface area contributed by atoms with Gasteiger partial charge in [-0.3, -0.25) is 4.79 Å². The van der Waals surface area contributed by atoms with Crippen molar-refractivity contribution in [1.29, 1.82) is 0 Å². The molecule has 0 radical (unpaired) electrons. The summed E-state index contributed by atoms with van der Waals surface area (Å²) in [5.74, 6) is 0.573. The molecule has 0 atom stereocenters. The molecule has 3 heteroatoms. The lowest BCUT2D eigenvalue weighted by Gasteiger charge is -2.20. The van der Waals surface area contributed by atoms with Crippen LogP contribution in [0.3, 0.4) is 0 Å². The summed E-state index contributed by atoms with van der Waals surface area (Å²) in [7, 11) is 5.80. The molecule has 1 amide bonds. The van der Waals surface area contributed by atoms with Crippen LogP contribution in [0.5, 0.6) is 0 Å². The first-order chi connectivity index (χ1) is 7.91. The zero-order valence-electron chi connectivity index (χ0n) is 11.4. The van der Waals surface area contributed by atoms with Crippen molar-refractivity contribution in [3.05, 3.63) is 29.8 Å². The van der Waals surface area contributed by atoms with Crippen LogP contribution in [0.2, 0.25) is 0 Å². The zero-order valence-corrected chi connectivity index (χ0v) is 11.4. The number of nitrogens with zero attached hydrogens (tertiary/aromatic N) is 2. The maximum atomic E-state index is 12.2. The molecule has 0 N–H and O–H groups in total. The molecule has 0 heterocycles. The number of amides is 1. The molecule has 0 unspecified atom stereocenters. The lowest BCUT2D eigenvalue weighted by Crippen LogP contribution is -2.30. The lowest BCUT2D eigenvalue weighted by atomic mass is 10.1. The average molecular weight is 234 g/mol. The number of hydrogen-bond acceptors (Lipinski definition) is 2. The number of benzene rings is 1. The Labute approximate surface area is 104 Å². The van der Waals surface area contributed by atoms with Crippen LogP contribution in [0.25, 0.3) is 0 Å². The van der Waals surface area contributed by atoms with E-state index in [1.807, 2.05) is 50.3 Å². The molecule has 94 valence electrons. The molecular formula is C14H22N2O. The van der Waals surface area contributed by atoms with E-state index in [-0.39, 0.29) is 5.91 Å². The summed E-state index contributed by atoms with van der Waals surface area (Å²) < 4.78 is 0. The highest BCUT2D eigenvalue weighted by atomic mass is 16.2. The van der Waals surface area contributed by atoms with Gasteiger partial charge in [-0.1, -0.05) is 19.9 Å². The fourth-order valence-electron chi connectivity index (χ4n) is 1.77. The minimum absolute atomic E-state index is 0.0856. The van der Waals surface area contributed by atoms with E-state index in [4.69, 9.17) is 0 Å². The SMILES string of the molecule is CC(C)CN(C)C(=O)c1cccc(N(C)C)c1. The molecule has 1 aromatic carbocycles. The van der Waals surface area contributed by atoms with Crippen LogP contribution in [-0.4, -0.2) is 38.5 Å². The van der Waals surface area contributed by atoms with Crippen molar-refractivity contribution < 1.29 is 4.79 Å². The molecule has 0 bridgehead atoms. The molecule has 1 rings (SSSR count). The van der Waals surface area contributed by atoms with Crippen LogP contribution in [0.4, 0.5) is 5.69 Å². The van der Waals surface area contributed by atoms with Gasteiger partial charge in [0.05, 0.1) is 0 Å². The Morgan fingerprint density at radius 2 is 1.88 bits per heavy atom. The van der Waals surface area contributed by atoms with E-state index in [0.717, 1.165) is 17.8 Å². The van der Waals surface area contributed by atoms with E-state index in [0.29, 0.717) is 5.92 Å². The second-order valence-corrected chi connectivity index (χ2v) is 5.02. The van der Waals surface area contributed by atoms with Crippen molar-refractivity contribution in [2.75, 3.05) is 32.6 Å². The van der Waals surface area contributed by atoms with E-state index in [9.17, 15) is 4.79 Å². The summed E-state index contributed by atoms with van der Waals surface area (Å²) in [5, 5.41) is 0. The number of carbonyl (C=O) groups excluding carboxylic acids is 1. The largest absolute Gasteiger partial charge is 0.378 e. The molecule has 17 heavy (non-hydrogen) atoms. The van der Waals surface area contributed by atoms with Crippen LogP contribution in [0, 0.1) is 5.92 Å². The van der Waals surface area contributed by atoms with Gasteiger partial charge in [-0.15, -0.1) is 0 Å². The summed E-state index contributed by atoms with van der Waals surface area (Å²) in [4.78, 5) is 15.9. The summed E-state index contributed by atoms with van der Waals surface area (Å²) in [6.07, 6.45) is 0. The first kappa shape index (κ1) is 13.6. The van der Waals surface area contributed by atoms with E-state index >= 15 is 0 Å². The van der Waals surface area contributed by atoms with Crippen LogP contribution in [0.1, 0.15) is 24.2 Å². The van der Waals surface area contributed by atoms with Crippen LogP contribution in [0.15, 0.2) is 24.3 Å². The minimum atomic E-state index is 0.0856. The molecule has 0 aromatic heterocycles. The van der Waals surface area contributed by atoms with Gasteiger partial charge >= 0.3 is 0 Å². The van der Waals surface area contributed by atoms with Crippen molar-refractivity contribution in [1.82, 2.24) is 4.90 Å². The summed E-state index contributed by atoms with van der Waals surface area (Å²) in [6.45, 7) is 5.01. The van der Waals surface area contributed by atoms with Crippen molar-refractivity contribution in [2.24, 2.45) is 5.92 Å². The summed E-state index contributed by atoms with van der Waals surface area (Å²) in [6, 6.07) is 7.72. The van der Waals surface area contributed by atoms with Crippen LogP contribution < -0.4 is 4.90 Å². The maximum Gasteiger partial charge on any atom is 0.253 e. The van der Waals surface area contributed by atoms with Gasteiger partial charge in [-0.05, 0) is 24.1 Å². The number of hydrogen-bond donors (Lipinski definition) is 0. The zero-order chi connectivity index (χ0) is 13.0. The smallest absolute Gasteiger partial charge is 0.253 e. The highest BCUT2D eigenvalue weighted by molar-refractivity contribution is 5.95. The molecule has 0 saturated heterocycles. The van der Waals surface area contributed by atoms with Gasteiger partial charge in [-0.25, -0.2) is 0 Å². The van der Waals surface area contributed by atoms with Crippen LogP contribution in [-0.2, 0) is 0 Å². The van der Waals surface area contributed by atoms with E-state index < -0.39 is 0 Å². The fourth-order valence-corrected chi connectivity index (χ4v) is 1.77. The molecule has 1 aromatic rings. The van der Waals surface area contributed by atoms with Crippen molar-refractivity contribution in [2.45, 2.75) is 13.8 Å². The third-order valence-corrected chi connectivity index (χ3v) is 2.60. The van der Waals surface area contributed by atoms with Gasteiger partial charge in [0.2, 0.25) is 0 Å². The Kier molecular flexibility index (Phi) is 4.55. The number of anilines is 1. The number of rotatable bonds is 4. The van der Waals surface area contributed by atoms with Gasteiger partial charge in [0.15, 0.2) is 0 Å². The first-order valence-electron chi connectivity index (χ1n) is 5.94. The normalized spacial score (nSPS) is 10.5. The minimum Gasteiger partial charge on any atom is -0.378 e. The average Bonchev–Trinajstić information content (AvgIpc) is 2.27. The molecule has 0 aliphatic carbocycles. The van der Waals surface area contributed by atoms with Gasteiger partial charge in [0.25, 0.3) is 5.91 Å². The fraction of sp³-hybridized carbons (Fsp3) is 0.500. The third kappa shape index (κ3) is 3.77. The molecule has 3 nitrogen and oxygen atoms in total. The molecule has 0 aliphatic rings. The Hall–Kier alpha value is -1.51. The van der Waals surface area contributed by atoms with Crippen molar-refractivity contribution >= 4 is 11.6 Å². The van der Waals surface area contributed by atoms with Crippen molar-refractivity contribution in [3.8, 4) is 0 Å². The second-order valence-electron chi connectivity index (χ2n) is 5.02. The van der Waals surface area contributed by atoms with Gasteiger partial charge in [0.1, 0.15) is 0 Å². The van der Waals surface area contributed by atoms with Gasteiger partial charge in [0, 0.05) is 38.9 Å². The molecule has 0 fully saturated rings. The van der Waals surface area contributed by atoms with Crippen LogP contribution >= 0.6 is 0 Å². The third-order valence-electron chi connectivity index (χ3n) is 2.60. The van der Waals surface area contributed by atoms with Crippen molar-refractivity contribution in [3.63, 3.8) is 0 Å². The monoisotopic (exact) mass is 234 g/mol. The second kappa shape index (κ2) is 5.71. The Morgan fingerprint density at radius 3 is 2.41 bits per heavy atom. The summed E-state index contributed by atoms with van der Waals surface area (Å²) >= 11 is 0. The Morgan fingerprint density at radius 1 is 1.24 bits per heavy atom. The van der Waals surface area contributed by atoms with E-state index in [2.05, 4.69) is 13.8 Å². The van der Waals surface area contributed by atoms with E-state index in [1.165, 1.54) is 0 Å². The number of carbonyl (C=O) groups is 1. The summed E-state index contributed by atoms with van der Waals surface area (Å²) in [5.41, 5.74) is 1.80. The van der Waals surface area contributed by atoms with Gasteiger partial charge in [-0.2, -0.15) is 0 Å². The lowest BCUT2D eigenvalue weighted by molar-refractivity contribution is 0.0779. The molecule has 0 spiro atoms. The highest BCUT2D eigenvalue weighted by Gasteiger charge is 2.13. The quantitative estimate of drug-likeness (QED) is 0.799. The Bertz CT molecular complexity index is 386. The topological polar surface area (TPSA) is 23.6 Å².